The lowest BCUT2D eigenvalue weighted by Gasteiger charge is -2.25. The molecule has 5 unspecified atom stereocenters. The van der Waals surface area contributed by atoms with E-state index in [-0.39, 0.29) is 0 Å². The number of benzene rings is 5. The largest absolute Gasteiger partial charge is 0.471 e. The molecule has 15 heterocycles. The summed E-state index contributed by atoms with van der Waals surface area (Å²) in [6.45, 7) is 10.9. The minimum Gasteiger partial charge on any atom is -0.471 e. The molecule has 5 aromatic carbocycles. The van der Waals surface area contributed by atoms with Gasteiger partial charge in [0.2, 0.25) is 0 Å². The van der Waals surface area contributed by atoms with Gasteiger partial charge in [0, 0.05) is 174 Å². The topological polar surface area (TPSA) is 58.7 Å². The van der Waals surface area contributed by atoms with Crippen LogP contribution in [0.2, 0.25) is 0 Å². The van der Waals surface area contributed by atoms with Crippen molar-refractivity contribution in [1.82, 2.24) is 24.5 Å². The van der Waals surface area contributed by atoms with Crippen molar-refractivity contribution in [2.75, 3.05) is 59.7 Å². The second kappa shape index (κ2) is 19.7. The Hall–Kier alpha value is -8.24. The predicted octanol–water partition coefficient (Wildman–Crippen LogP) is 16.0. The number of fused-ring (bicyclic) bond motifs is 23. The molecule has 0 fully saturated rings. The molecule has 0 radical (unpaired) electrons. The van der Waals surface area contributed by atoms with E-state index in [1.807, 2.05) is 47.3 Å². The molecule has 20 rings (SSSR count). The summed E-state index contributed by atoms with van der Waals surface area (Å²) in [7, 11) is 10.9. The van der Waals surface area contributed by atoms with Crippen molar-refractivity contribution in [1.29, 1.82) is 0 Å². The molecular weight excluding hydrogens is 1110 g/mol. The van der Waals surface area contributed by atoms with Gasteiger partial charge in [-0.05, 0) is 127 Å². The van der Waals surface area contributed by atoms with Crippen molar-refractivity contribution in [3.8, 4) is 0 Å². The Morgan fingerprint density at radius 2 is 0.882 bits per heavy atom. The smallest absolute Gasteiger partial charge is 0.136 e. The van der Waals surface area contributed by atoms with Crippen LogP contribution < -0.4 is 24.5 Å². The Kier molecular flexibility index (Phi) is 12.1. The van der Waals surface area contributed by atoms with Gasteiger partial charge in [-0.1, -0.05) is 48.5 Å². The highest BCUT2D eigenvalue weighted by Crippen LogP contribution is 2.51. The minimum absolute atomic E-state index is 0.411. The third-order valence-electron chi connectivity index (χ3n) is 19.8. The Bertz CT molecular complexity index is 4240. The fourth-order valence-corrected chi connectivity index (χ4v) is 17.8. The molecule has 10 aliphatic rings. The van der Waals surface area contributed by atoms with Crippen LogP contribution in [0.1, 0.15) is 61.9 Å². The van der Waals surface area contributed by atoms with Crippen LogP contribution in [0, 0.1) is 0 Å². The van der Waals surface area contributed by atoms with Gasteiger partial charge >= 0.3 is 0 Å². The van der Waals surface area contributed by atoms with Gasteiger partial charge in [0.25, 0.3) is 0 Å². The summed E-state index contributed by atoms with van der Waals surface area (Å²) in [4.78, 5) is 25.3. The molecular formula is C70H70N10O2S3. The summed E-state index contributed by atoms with van der Waals surface area (Å²) in [5, 5.41) is 15.1. The van der Waals surface area contributed by atoms with E-state index < -0.39 is 0 Å². The third kappa shape index (κ3) is 8.16. The molecule has 5 aromatic heterocycles. The van der Waals surface area contributed by atoms with Crippen molar-refractivity contribution >= 4 is 114 Å². The zero-order valence-corrected chi connectivity index (χ0v) is 52.3. The number of hydrogen-bond acceptors (Lipinski definition) is 15. The molecule has 0 spiro atoms. The molecule has 0 saturated heterocycles. The van der Waals surface area contributed by atoms with Crippen LogP contribution in [0.3, 0.4) is 0 Å². The van der Waals surface area contributed by atoms with Gasteiger partial charge in [-0.3, -0.25) is 0 Å². The highest BCUT2D eigenvalue weighted by molar-refractivity contribution is 7.23. The van der Waals surface area contributed by atoms with Gasteiger partial charge in [-0.15, -0.1) is 22.7 Å². The summed E-state index contributed by atoms with van der Waals surface area (Å²) in [5.74, 6) is 1.12. The monoisotopic (exact) mass is 1180 g/mol. The maximum Gasteiger partial charge on any atom is 0.136 e. The quantitative estimate of drug-likeness (QED) is 0.145. The highest BCUT2D eigenvalue weighted by Gasteiger charge is 2.42. The summed E-state index contributed by atoms with van der Waals surface area (Å²) < 4.78 is 14.0. The number of allylic oxidation sites excluding steroid dienone is 5. The standard InChI is InChI=1S/2C14H14N2O.3C14H14N2S/c1-9-6-16-13-4-12-8-17-7-11(12)3-10(13)5-14(16)15(9)2;1-9-8-16-13(15(9)2)7-12-14(16)10-5-3-4-6-11(10)17-12;1-9-6-16-13-4-12-8-17-7-11(12)3-10(13)5-14(16)15(9)2;1-9-8-16-13(15(9)2)7-11-10-5-3-4-6-12(10)17-14(11)16;1-9-8-16-13(15(9)2)7-12-14(16)10-5-3-4-6-11(10)17-12/h3-4,6-8,14H,5H2,1-2H3;3-6,8,13H,7H2,1-2H3;3-4,6-8,14H,5H2,1-2H3;2*3-6,8,13H,7H2,1-2H3. The Balaban J connectivity index is 0.0000000865. The van der Waals surface area contributed by atoms with Crippen LogP contribution in [-0.4, -0.2) is 90.6 Å². The zero-order valence-electron chi connectivity index (χ0n) is 49.9. The average Bonchev–Trinajstić information content (AvgIpc) is 1.80. The first-order valence-electron chi connectivity index (χ1n) is 29.7. The number of likely N-dealkylation sites (N-methyl/N-ethyl adjacent to an activating group) is 5. The first kappa shape index (κ1) is 52.3. The summed E-state index contributed by atoms with van der Waals surface area (Å²) >= 11 is 5.66. The summed E-state index contributed by atoms with van der Waals surface area (Å²) in [6.07, 6.45) is 22.8. The first-order chi connectivity index (χ1) is 41.2. The van der Waals surface area contributed by atoms with Crippen molar-refractivity contribution in [3.63, 3.8) is 0 Å². The lowest BCUT2D eigenvalue weighted by atomic mass is 10.1. The molecule has 0 saturated carbocycles. The predicted molar refractivity (Wildman–Crippen MR) is 355 cm³/mol. The van der Waals surface area contributed by atoms with E-state index in [1.54, 1.807) is 11.3 Å². The molecule has 5 atom stereocenters. The van der Waals surface area contributed by atoms with E-state index in [0.29, 0.717) is 30.8 Å². The molecule has 0 aliphatic carbocycles. The number of anilines is 5. The fraction of sp³-hybridized carbons (Fsp3) is 0.286. The van der Waals surface area contributed by atoms with Crippen LogP contribution in [-0.2, 0) is 32.1 Å². The Labute approximate surface area is 509 Å². The second-order valence-electron chi connectivity index (χ2n) is 24.5. The van der Waals surface area contributed by atoms with Crippen LogP contribution in [0.4, 0.5) is 27.8 Å². The molecule has 430 valence electrons. The molecule has 10 aromatic rings. The molecule has 85 heavy (non-hydrogen) atoms. The van der Waals surface area contributed by atoms with Crippen LogP contribution in [0.25, 0.3) is 52.7 Å². The minimum atomic E-state index is 0.411. The van der Waals surface area contributed by atoms with Crippen molar-refractivity contribution in [2.24, 2.45) is 0 Å². The van der Waals surface area contributed by atoms with E-state index in [1.165, 1.54) is 125 Å². The molecule has 0 N–H and O–H groups in total. The number of thiophene rings is 3. The molecule has 0 amide bonds. The number of hydrogen-bond donors (Lipinski definition) is 0. The Morgan fingerprint density at radius 1 is 0.424 bits per heavy atom. The van der Waals surface area contributed by atoms with Gasteiger partial charge in [-0.25, -0.2) is 0 Å². The normalized spacial score (nSPS) is 22.0. The van der Waals surface area contributed by atoms with Crippen molar-refractivity contribution < 1.29 is 8.83 Å². The van der Waals surface area contributed by atoms with E-state index in [2.05, 4.69) is 246 Å². The van der Waals surface area contributed by atoms with Gasteiger partial charge < -0.3 is 57.8 Å². The fourth-order valence-electron chi connectivity index (χ4n) is 14.6. The number of para-hydroxylation sites is 1. The lowest BCUT2D eigenvalue weighted by molar-refractivity contribution is 0.334. The molecule has 12 nitrogen and oxygen atoms in total. The summed E-state index contributed by atoms with van der Waals surface area (Å²) in [6, 6.07) is 34.9. The van der Waals surface area contributed by atoms with Gasteiger partial charge in [0.05, 0.1) is 23.9 Å². The first-order valence-corrected chi connectivity index (χ1v) is 32.3. The number of nitrogens with zero attached hydrogens (tertiary/aromatic N) is 10. The molecule has 0 bridgehead atoms. The van der Waals surface area contributed by atoms with Crippen LogP contribution in [0.5, 0.6) is 0 Å². The second-order valence-corrected chi connectivity index (χ2v) is 27.4. The van der Waals surface area contributed by atoms with E-state index in [4.69, 9.17) is 8.83 Å². The lowest BCUT2D eigenvalue weighted by Crippen LogP contribution is -2.34. The number of furan rings is 2. The van der Waals surface area contributed by atoms with Crippen molar-refractivity contribution in [2.45, 2.75) is 97.6 Å². The molecule has 10 aliphatic heterocycles. The average molecular weight is 1180 g/mol. The van der Waals surface area contributed by atoms with Gasteiger partial charge in [0.1, 0.15) is 47.2 Å². The number of rotatable bonds is 0. The van der Waals surface area contributed by atoms with E-state index in [9.17, 15) is 0 Å². The Morgan fingerprint density at radius 3 is 1.52 bits per heavy atom. The molecule has 15 heteroatoms. The van der Waals surface area contributed by atoms with Gasteiger partial charge in [0.15, 0.2) is 0 Å². The maximum atomic E-state index is 5.93. The van der Waals surface area contributed by atoms with Gasteiger partial charge in [-0.2, -0.15) is 11.3 Å². The SMILES string of the molecule is CC1=CN2c3c(oc4ccccc34)CC2N1C.CC1=CN2c3c(sc4ccccc34)CC2N1C.CC1=CN2c3cc4cocc4cc3CC2N1C.CC1=CN2c3cc4cscc4cc3CC2N1C.CC1=CN2c3sc4ccccc4c3CC2N1C. The van der Waals surface area contributed by atoms with Crippen LogP contribution >= 0.6 is 34.0 Å². The van der Waals surface area contributed by atoms with E-state index >= 15 is 0 Å². The maximum absolute atomic E-state index is 5.93. The highest BCUT2D eigenvalue weighted by atomic mass is 32.1. The summed E-state index contributed by atoms with van der Waals surface area (Å²) in [5.41, 5.74) is 17.6. The van der Waals surface area contributed by atoms with E-state index in [0.717, 1.165) is 43.4 Å². The van der Waals surface area contributed by atoms with Crippen molar-refractivity contribution in [3.05, 3.63) is 207 Å². The third-order valence-corrected chi connectivity index (χ3v) is 23.0. The van der Waals surface area contributed by atoms with Crippen LogP contribution in [0.15, 0.2) is 189 Å². The zero-order chi connectivity index (χ0) is 57.8.